The molecule has 2 N–H and O–H groups in total. The molecule has 0 spiro atoms. The summed E-state index contributed by atoms with van der Waals surface area (Å²) in [6.07, 6.45) is 6.16. The fraction of sp³-hybridized carbons (Fsp3) is 0.438. The van der Waals surface area contributed by atoms with Crippen molar-refractivity contribution in [2.75, 3.05) is 5.32 Å². The summed E-state index contributed by atoms with van der Waals surface area (Å²) in [5.74, 6) is -0.415. The van der Waals surface area contributed by atoms with Crippen LogP contribution in [-0.2, 0) is 6.54 Å². The largest absolute Gasteiger partial charge is 0.349 e. The molecule has 0 unspecified atom stereocenters. The average molecular weight is 332 g/mol. The number of carbonyl (C=O) groups excluding carboxylic acids is 2. The monoisotopic (exact) mass is 332 g/mol. The van der Waals surface area contributed by atoms with Crippen molar-refractivity contribution in [2.24, 2.45) is 0 Å². The van der Waals surface area contributed by atoms with Gasteiger partial charge in [-0.15, -0.1) is 11.3 Å². The van der Waals surface area contributed by atoms with Crippen LogP contribution in [-0.4, -0.2) is 27.6 Å². The lowest BCUT2D eigenvalue weighted by molar-refractivity contribution is 0.0939. The van der Waals surface area contributed by atoms with Gasteiger partial charge in [0, 0.05) is 18.8 Å². The molecule has 0 aromatic carbocycles. The van der Waals surface area contributed by atoms with Gasteiger partial charge in [-0.2, -0.15) is 5.10 Å². The van der Waals surface area contributed by atoms with Crippen LogP contribution in [0.25, 0.3) is 0 Å². The van der Waals surface area contributed by atoms with E-state index in [2.05, 4.69) is 15.7 Å². The zero-order chi connectivity index (χ0) is 16.2. The molecule has 2 amide bonds. The molecule has 0 atom stereocenters. The Balaban J connectivity index is 1.67. The Morgan fingerprint density at radius 2 is 2.09 bits per heavy atom. The van der Waals surface area contributed by atoms with E-state index in [0.29, 0.717) is 22.8 Å². The Morgan fingerprint density at radius 1 is 1.30 bits per heavy atom. The Hall–Kier alpha value is -2.15. The van der Waals surface area contributed by atoms with Crippen molar-refractivity contribution in [1.82, 2.24) is 15.1 Å². The van der Waals surface area contributed by atoms with Crippen molar-refractivity contribution < 1.29 is 9.59 Å². The summed E-state index contributed by atoms with van der Waals surface area (Å²) in [4.78, 5) is 24.6. The van der Waals surface area contributed by atoms with E-state index in [1.807, 2.05) is 12.3 Å². The van der Waals surface area contributed by atoms with Gasteiger partial charge in [0.25, 0.3) is 11.8 Å². The molecular weight excluding hydrogens is 312 g/mol. The van der Waals surface area contributed by atoms with E-state index in [4.69, 9.17) is 0 Å². The molecule has 0 saturated heterocycles. The minimum atomic E-state index is -0.297. The van der Waals surface area contributed by atoms with Crippen LogP contribution in [0.4, 0.5) is 5.00 Å². The lowest BCUT2D eigenvalue weighted by Crippen LogP contribution is -2.32. The molecule has 1 fully saturated rings. The third-order valence-corrected chi connectivity index (χ3v) is 4.85. The van der Waals surface area contributed by atoms with E-state index in [1.165, 1.54) is 11.3 Å². The zero-order valence-corrected chi connectivity index (χ0v) is 13.9. The predicted molar refractivity (Wildman–Crippen MR) is 89.9 cm³/mol. The van der Waals surface area contributed by atoms with E-state index < -0.39 is 0 Å². The van der Waals surface area contributed by atoms with Crippen molar-refractivity contribution in [3.8, 4) is 0 Å². The summed E-state index contributed by atoms with van der Waals surface area (Å²) in [5, 5.41) is 12.4. The quantitative estimate of drug-likeness (QED) is 0.884. The molecule has 2 aromatic heterocycles. The van der Waals surface area contributed by atoms with Crippen LogP contribution in [0, 0.1) is 0 Å². The first-order chi connectivity index (χ1) is 11.2. The highest BCUT2D eigenvalue weighted by molar-refractivity contribution is 7.14. The number of amides is 2. The number of rotatable bonds is 5. The minimum Gasteiger partial charge on any atom is -0.349 e. The number of carbonyl (C=O) groups is 2. The van der Waals surface area contributed by atoms with Crippen molar-refractivity contribution in [2.45, 2.75) is 45.2 Å². The van der Waals surface area contributed by atoms with E-state index in [-0.39, 0.29) is 17.9 Å². The number of aromatic nitrogens is 2. The first-order valence-corrected chi connectivity index (χ1v) is 8.78. The second-order valence-electron chi connectivity index (χ2n) is 5.63. The van der Waals surface area contributed by atoms with Crippen molar-refractivity contribution in [3.05, 3.63) is 35.0 Å². The summed E-state index contributed by atoms with van der Waals surface area (Å²) in [5.41, 5.74) is 0.868. The highest BCUT2D eigenvalue weighted by Crippen LogP contribution is 2.25. The van der Waals surface area contributed by atoms with Gasteiger partial charge in [-0.3, -0.25) is 14.3 Å². The molecule has 1 aliphatic carbocycles. The third kappa shape index (κ3) is 3.61. The van der Waals surface area contributed by atoms with E-state index in [0.717, 1.165) is 25.7 Å². The van der Waals surface area contributed by atoms with Crippen LogP contribution in [0.5, 0.6) is 0 Å². The summed E-state index contributed by atoms with van der Waals surface area (Å²) < 4.78 is 1.69. The smallest absolute Gasteiger partial charge is 0.276 e. The minimum absolute atomic E-state index is 0.118. The normalized spacial score (nSPS) is 14.8. The number of anilines is 1. The summed E-state index contributed by atoms with van der Waals surface area (Å²) in [6.45, 7) is 2.67. The molecule has 6 nitrogen and oxygen atoms in total. The van der Waals surface area contributed by atoms with Crippen molar-refractivity contribution in [1.29, 1.82) is 0 Å². The summed E-state index contributed by atoms with van der Waals surface area (Å²) in [7, 11) is 0. The maximum atomic E-state index is 12.4. The first kappa shape index (κ1) is 15.7. The fourth-order valence-corrected chi connectivity index (χ4v) is 3.52. The lowest BCUT2D eigenvalue weighted by Gasteiger charge is -2.12. The summed E-state index contributed by atoms with van der Waals surface area (Å²) in [6, 6.07) is 3.67. The van der Waals surface area contributed by atoms with Gasteiger partial charge in [-0.05, 0) is 37.3 Å². The highest BCUT2D eigenvalue weighted by Gasteiger charge is 2.21. The van der Waals surface area contributed by atoms with E-state index >= 15 is 0 Å². The Kier molecular flexibility index (Phi) is 4.76. The first-order valence-electron chi connectivity index (χ1n) is 7.90. The molecule has 7 heteroatoms. The maximum absolute atomic E-state index is 12.4. The molecule has 1 saturated carbocycles. The number of hydrogen-bond acceptors (Lipinski definition) is 4. The van der Waals surface area contributed by atoms with Gasteiger partial charge in [0.2, 0.25) is 0 Å². The Bertz CT molecular complexity index is 701. The molecule has 3 rings (SSSR count). The van der Waals surface area contributed by atoms with Crippen LogP contribution in [0.2, 0.25) is 0 Å². The maximum Gasteiger partial charge on any atom is 0.276 e. The topological polar surface area (TPSA) is 76.0 Å². The molecule has 1 aliphatic rings. The van der Waals surface area contributed by atoms with Gasteiger partial charge in [0.1, 0.15) is 5.00 Å². The third-order valence-electron chi connectivity index (χ3n) is 4.02. The molecule has 0 aliphatic heterocycles. The molecule has 122 valence electrons. The van der Waals surface area contributed by atoms with Gasteiger partial charge >= 0.3 is 0 Å². The van der Waals surface area contributed by atoms with Crippen LogP contribution < -0.4 is 10.6 Å². The van der Waals surface area contributed by atoms with Crippen LogP contribution >= 0.6 is 11.3 Å². The summed E-state index contributed by atoms with van der Waals surface area (Å²) >= 11 is 1.34. The van der Waals surface area contributed by atoms with Crippen LogP contribution in [0.3, 0.4) is 0 Å². The standard InChI is InChI=1S/C16H20N4O2S/c1-2-20-9-7-13(19-20)15(22)18-16-12(8-10-23-16)14(21)17-11-5-3-4-6-11/h7-11H,2-6H2,1H3,(H,17,21)(H,18,22). The van der Waals surface area contributed by atoms with Crippen molar-refractivity contribution >= 4 is 28.2 Å². The number of hydrogen-bond donors (Lipinski definition) is 2. The van der Waals surface area contributed by atoms with Crippen LogP contribution in [0.15, 0.2) is 23.7 Å². The molecule has 2 heterocycles. The SMILES string of the molecule is CCn1ccc(C(=O)Nc2sccc2C(=O)NC2CCCC2)n1. The lowest BCUT2D eigenvalue weighted by atomic mass is 10.2. The second kappa shape index (κ2) is 6.95. The van der Waals surface area contributed by atoms with Gasteiger partial charge in [-0.1, -0.05) is 12.8 Å². The fourth-order valence-electron chi connectivity index (χ4n) is 2.74. The number of aryl methyl sites for hydroxylation is 1. The van der Waals surface area contributed by atoms with Gasteiger partial charge in [0.05, 0.1) is 5.56 Å². The van der Waals surface area contributed by atoms with Gasteiger partial charge < -0.3 is 10.6 Å². The van der Waals surface area contributed by atoms with Crippen LogP contribution in [0.1, 0.15) is 53.5 Å². The molecule has 23 heavy (non-hydrogen) atoms. The molecule has 2 aromatic rings. The van der Waals surface area contributed by atoms with Gasteiger partial charge in [0.15, 0.2) is 5.69 Å². The molecule has 0 radical (unpaired) electrons. The Morgan fingerprint density at radius 3 is 2.78 bits per heavy atom. The number of nitrogens with zero attached hydrogens (tertiary/aromatic N) is 2. The predicted octanol–water partition coefficient (Wildman–Crippen LogP) is 2.89. The second-order valence-corrected chi connectivity index (χ2v) is 6.55. The zero-order valence-electron chi connectivity index (χ0n) is 13.0. The van der Waals surface area contributed by atoms with Gasteiger partial charge in [-0.25, -0.2) is 0 Å². The molecule has 0 bridgehead atoms. The number of thiophene rings is 1. The molecular formula is C16H20N4O2S. The number of nitrogens with one attached hydrogen (secondary N) is 2. The van der Waals surface area contributed by atoms with Crippen molar-refractivity contribution in [3.63, 3.8) is 0 Å². The van der Waals surface area contributed by atoms with E-state index in [1.54, 1.807) is 23.0 Å². The van der Waals surface area contributed by atoms with E-state index in [9.17, 15) is 9.59 Å². The average Bonchev–Trinajstić information content (AvgIpc) is 3.28. The highest BCUT2D eigenvalue weighted by atomic mass is 32.1. The Labute approximate surface area is 138 Å².